The first-order valence-corrected chi connectivity index (χ1v) is 7.42. The number of phenols is 1. The van der Waals surface area contributed by atoms with Crippen molar-refractivity contribution >= 4 is 38.6 Å². The van der Waals surface area contributed by atoms with Gasteiger partial charge < -0.3 is 9.84 Å². The maximum absolute atomic E-state index is 9.87. The Morgan fingerprint density at radius 3 is 2.80 bits per heavy atom. The van der Waals surface area contributed by atoms with E-state index in [-0.39, 0.29) is 5.75 Å². The van der Waals surface area contributed by atoms with Gasteiger partial charge in [-0.3, -0.25) is 5.43 Å². The highest BCUT2D eigenvalue weighted by atomic mass is 79.9. The highest BCUT2D eigenvalue weighted by molar-refractivity contribution is 9.10. The van der Waals surface area contributed by atoms with E-state index in [0.29, 0.717) is 10.2 Å². The minimum Gasteiger partial charge on any atom is -0.503 e. The Labute approximate surface area is 129 Å². The van der Waals surface area contributed by atoms with Crippen molar-refractivity contribution in [3.8, 4) is 11.5 Å². The molecule has 0 amide bonds. The highest BCUT2D eigenvalue weighted by Crippen LogP contribution is 2.35. The van der Waals surface area contributed by atoms with Gasteiger partial charge in [0.2, 0.25) is 5.13 Å². The predicted octanol–water partition coefficient (Wildman–Crippen LogP) is 3.68. The molecular formula is C13H14BrN3O2S. The molecule has 0 atom stereocenters. The normalized spacial score (nSPS) is 11.0. The molecule has 0 bridgehead atoms. The number of aromatic nitrogens is 1. The zero-order valence-corrected chi connectivity index (χ0v) is 13.7. The molecule has 0 aliphatic carbocycles. The van der Waals surface area contributed by atoms with E-state index in [1.807, 2.05) is 13.8 Å². The van der Waals surface area contributed by atoms with Gasteiger partial charge in [0.1, 0.15) is 0 Å². The monoisotopic (exact) mass is 355 g/mol. The number of anilines is 1. The molecule has 0 radical (unpaired) electrons. The molecular weight excluding hydrogens is 342 g/mol. The van der Waals surface area contributed by atoms with Crippen LogP contribution in [0.25, 0.3) is 0 Å². The molecule has 20 heavy (non-hydrogen) atoms. The van der Waals surface area contributed by atoms with Crippen molar-refractivity contribution < 1.29 is 9.84 Å². The van der Waals surface area contributed by atoms with Gasteiger partial charge in [-0.2, -0.15) is 5.10 Å². The molecule has 106 valence electrons. The van der Waals surface area contributed by atoms with Crippen LogP contribution < -0.4 is 10.2 Å². The van der Waals surface area contributed by atoms with Crippen molar-refractivity contribution in [1.82, 2.24) is 4.98 Å². The minimum absolute atomic E-state index is 0.0531. The molecule has 0 saturated heterocycles. The summed E-state index contributed by atoms with van der Waals surface area (Å²) >= 11 is 4.86. The lowest BCUT2D eigenvalue weighted by Gasteiger charge is -2.06. The number of methoxy groups -OCH3 is 1. The summed E-state index contributed by atoms with van der Waals surface area (Å²) in [5.74, 6) is 0.463. The topological polar surface area (TPSA) is 66.7 Å². The summed E-state index contributed by atoms with van der Waals surface area (Å²) in [4.78, 5) is 5.48. The first kappa shape index (κ1) is 14.8. The van der Waals surface area contributed by atoms with Crippen molar-refractivity contribution in [2.45, 2.75) is 13.8 Å². The van der Waals surface area contributed by atoms with E-state index < -0.39 is 0 Å². The van der Waals surface area contributed by atoms with Crippen LogP contribution in [0.2, 0.25) is 0 Å². The average Bonchev–Trinajstić information content (AvgIpc) is 2.74. The Kier molecular flexibility index (Phi) is 4.61. The van der Waals surface area contributed by atoms with Crippen LogP contribution in [0.3, 0.4) is 0 Å². The smallest absolute Gasteiger partial charge is 0.203 e. The van der Waals surface area contributed by atoms with Gasteiger partial charge in [-0.25, -0.2) is 4.98 Å². The van der Waals surface area contributed by atoms with E-state index in [1.54, 1.807) is 29.7 Å². The lowest BCUT2D eigenvalue weighted by atomic mass is 10.2. The van der Waals surface area contributed by atoms with Crippen LogP contribution in [0.15, 0.2) is 21.7 Å². The molecule has 2 rings (SSSR count). The van der Waals surface area contributed by atoms with Gasteiger partial charge in [0.05, 0.1) is 23.5 Å². The number of halogens is 1. The number of nitrogens with zero attached hydrogens (tertiary/aromatic N) is 2. The number of ether oxygens (including phenoxy) is 1. The summed E-state index contributed by atoms with van der Waals surface area (Å²) in [6, 6.07) is 3.48. The quantitative estimate of drug-likeness (QED) is 0.648. The van der Waals surface area contributed by atoms with Crippen molar-refractivity contribution in [2.75, 3.05) is 12.5 Å². The van der Waals surface area contributed by atoms with Gasteiger partial charge in [0.25, 0.3) is 0 Å². The second-order valence-corrected chi connectivity index (χ2v) is 6.05. The minimum atomic E-state index is 0.0531. The van der Waals surface area contributed by atoms with Crippen LogP contribution in [0, 0.1) is 13.8 Å². The third-order valence-corrected chi connectivity index (χ3v) is 4.53. The number of benzene rings is 1. The molecule has 1 aromatic carbocycles. The van der Waals surface area contributed by atoms with Crippen LogP contribution in [0.4, 0.5) is 5.13 Å². The Hall–Kier alpha value is -1.60. The van der Waals surface area contributed by atoms with Crippen molar-refractivity contribution in [3.05, 3.63) is 32.7 Å². The number of phenolic OH excluding ortho intramolecular Hbond substituents is 1. The van der Waals surface area contributed by atoms with Crippen molar-refractivity contribution in [2.24, 2.45) is 5.10 Å². The van der Waals surface area contributed by atoms with Gasteiger partial charge in [0.15, 0.2) is 11.5 Å². The number of nitrogens with one attached hydrogen (secondary N) is 1. The third-order valence-electron chi connectivity index (χ3n) is 2.72. The second-order valence-electron chi connectivity index (χ2n) is 4.05. The largest absolute Gasteiger partial charge is 0.503 e. The Bertz CT molecular complexity index is 636. The molecule has 0 aliphatic heterocycles. The zero-order chi connectivity index (χ0) is 14.7. The molecule has 0 aliphatic rings. The van der Waals surface area contributed by atoms with E-state index in [0.717, 1.165) is 21.3 Å². The first-order chi connectivity index (χ1) is 9.52. The van der Waals surface area contributed by atoms with Gasteiger partial charge in [0, 0.05) is 10.4 Å². The number of thiazole rings is 1. The summed E-state index contributed by atoms with van der Waals surface area (Å²) in [5, 5.41) is 14.7. The molecule has 0 unspecified atom stereocenters. The number of aromatic hydroxyl groups is 1. The van der Waals surface area contributed by atoms with E-state index in [9.17, 15) is 5.11 Å². The number of hydrogen-bond acceptors (Lipinski definition) is 6. The summed E-state index contributed by atoms with van der Waals surface area (Å²) in [6.45, 7) is 3.97. The lowest BCUT2D eigenvalue weighted by Crippen LogP contribution is -1.92. The lowest BCUT2D eigenvalue weighted by molar-refractivity contribution is 0.372. The van der Waals surface area contributed by atoms with Gasteiger partial charge in [-0.1, -0.05) is 0 Å². The van der Waals surface area contributed by atoms with Gasteiger partial charge in [-0.15, -0.1) is 11.3 Å². The van der Waals surface area contributed by atoms with Crippen molar-refractivity contribution in [3.63, 3.8) is 0 Å². The standard InChI is InChI=1S/C13H14BrN3O2S/c1-7-8(2)20-13(16-7)17-15-6-9-4-5-10(19-3)12(18)11(9)14/h4-6,18H,1-3H3,(H,16,17)/b15-6-. The number of hydrogen-bond donors (Lipinski definition) is 2. The highest BCUT2D eigenvalue weighted by Gasteiger charge is 2.09. The molecule has 2 aromatic rings. The fourth-order valence-corrected chi connectivity index (χ4v) is 2.70. The summed E-state index contributed by atoms with van der Waals surface area (Å²) in [5.41, 5.74) is 4.61. The summed E-state index contributed by atoms with van der Waals surface area (Å²) in [6.07, 6.45) is 1.61. The van der Waals surface area contributed by atoms with Gasteiger partial charge in [-0.05, 0) is 41.9 Å². The molecule has 0 spiro atoms. The fourth-order valence-electron chi connectivity index (χ4n) is 1.50. The van der Waals surface area contributed by atoms with Crippen LogP contribution in [0.1, 0.15) is 16.1 Å². The predicted molar refractivity (Wildman–Crippen MR) is 85.2 cm³/mol. The number of aryl methyl sites for hydroxylation is 2. The molecule has 0 saturated carbocycles. The van der Waals surface area contributed by atoms with Crippen molar-refractivity contribution in [1.29, 1.82) is 0 Å². The fraction of sp³-hybridized carbons (Fsp3) is 0.231. The second kappa shape index (κ2) is 6.23. The molecule has 7 heteroatoms. The van der Waals surface area contributed by atoms with Crippen LogP contribution >= 0.6 is 27.3 Å². The summed E-state index contributed by atoms with van der Waals surface area (Å²) < 4.78 is 5.56. The molecule has 2 N–H and O–H groups in total. The SMILES string of the molecule is COc1ccc(/C=N\Nc2nc(C)c(C)s2)c(Br)c1O. The van der Waals surface area contributed by atoms with Crippen LogP contribution in [-0.4, -0.2) is 23.4 Å². The Morgan fingerprint density at radius 1 is 1.45 bits per heavy atom. The zero-order valence-electron chi connectivity index (χ0n) is 11.3. The van der Waals surface area contributed by atoms with Crippen LogP contribution in [-0.2, 0) is 0 Å². The maximum atomic E-state index is 9.87. The van der Waals surface area contributed by atoms with Gasteiger partial charge >= 0.3 is 0 Å². The molecule has 5 nitrogen and oxygen atoms in total. The first-order valence-electron chi connectivity index (χ1n) is 5.81. The summed E-state index contributed by atoms with van der Waals surface area (Å²) in [7, 11) is 1.50. The van der Waals surface area contributed by atoms with Crippen LogP contribution in [0.5, 0.6) is 11.5 Å². The van der Waals surface area contributed by atoms with E-state index in [4.69, 9.17) is 4.74 Å². The number of hydrazone groups is 1. The molecule has 1 heterocycles. The molecule has 0 fully saturated rings. The average molecular weight is 356 g/mol. The van der Waals surface area contributed by atoms with E-state index >= 15 is 0 Å². The van der Waals surface area contributed by atoms with E-state index in [2.05, 4.69) is 31.4 Å². The molecule has 1 aromatic heterocycles. The third kappa shape index (κ3) is 3.10. The Balaban J connectivity index is 2.14. The van der Waals surface area contributed by atoms with E-state index in [1.165, 1.54) is 7.11 Å². The number of rotatable bonds is 4. The maximum Gasteiger partial charge on any atom is 0.203 e. The Morgan fingerprint density at radius 2 is 2.20 bits per heavy atom.